The van der Waals surface area contributed by atoms with Crippen LogP contribution in [0, 0.1) is 5.92 Å². The van der Waals surface area contributed by atoms with E-state index in [2.05, 4.69) is 20.2 Å². The minimum atomic E-state index is 0.131. The Bertz CT molecular complexity index is 812. The molecule has 1 aliphatic rings. The Balaban J connectivity index is 1.55. The standard InChI is InChI=1S/C18H20Cl3N5O/c19-12-5-13(20)7-14(6-12)23-8-15(27)4-11-2-1-3-26(9-11)18-16(21)17(22)24-10-25-18/h5-7,10-11,23H,1-4,8-9H2,(H2,22,24,25)/t11-/m0/s1. The Kier molecular flexibility index (Phi) is 6.63. The number of nitrogens with two attached hydrogens (primary N) is 1. The number of benzene rings is 1. The van der Waals surface area contributed by atoms with E-state index in [0.29, 0.717) is 33.9 Å². The first kappa shape index (κ1) is 20.0. The Labute approximate surface area is 173 Å². The fourth-order valence-corrected chi connectivity index (χ4v) is 4.01. The fraction of sp³-hybridized carbons (Fsp3) is 0.389. The van der Waals surface area contributed by atoms with E-state index >= 15 is 0 Å². The molecule has 1 fully saturated rings. The van der Waals surface area contributed by atoms with Crippen molar-refractivity contribution in [2.75, 3.05) is 35.6 Å². The largest absolute Gasteiger partial charge is 0.382 e. The lowest BCUT2D eigenvalue weighted by atomic mass is 9.93. The summed E-state index contributed by atoms with van der Waals surface area (Å²) in [4.78, 5) is 22.6. The maximum Gasteiger partial charge on any atom is 0.153 e. The molecule has 3 N–H and O–H groups in total. The lowest BCUT2D eigenvalue weighted by molar-refractivity contribution is -0.118. The highest BCUT2D eigenvalue weighted by Crippen LogP contribution is 2.31. The molecule has 1 aromatic carbocycles. The molecule has 0 saturated carbocycles. The summed E-state index contributed by atoms with van der Waals surface area (Å²) in [6, 6.07) is 5.13. The van der Waals surface area contributed by atoms with Crippen molar-refractivity contribution in [3.8, 4) is 0 Å². The Morgan fingerprint density at radius 2 is 1.96 bits per heavy atom. The Hall–Kier alpha value is -1.76. The van der Waals surface area contributed by atoms with Gasteiger partial charge in [0.15, 0.2) is 11.6 Å². The molecule has 0 amide bonds. The number of hydrogen-bond donors (Lipinski definition) is 2. The molecule has 0 unspecified atom stereocenters. The first-order valence-electron chi connectivity index (χ1n) is 8.65. The van der Waals surface area contributed by atoms with Crippen molar-refractivity contribution in [2.24, 2.45) is 5.92 Å². The van der Waals surface area contributed by atoms with Crippen molar-refractivity contribution in [3.05, 3.63) is 39.6 Å². The zero-order valence-electron chi connectivity index (χ0n) is 14.6. The predicted octanol–water partition coefficient (Wildman–Crippen LogP) is 4.31. The molecule has 144 valence electrons. The molecule has 1 aromatic heterocycles. The van der Waals surface area contributed by atoms with E-state index in [1.54, 1.807) is 18.2 Å². The second-order valence-electron chi connectivity index (χ2n) is 6.61. The number of nitrogen functional groups attached to an aromatic ring is 1. The summed E-state index contributed by atoms with van der Waals surface area (Å²) in [5, 5.41) is 4.51. The number of hydrogen-bond acceptors (Lipinski definition) is 6. The van der Waals surface area contributed by atoms with Crippen LogP contribution in [0.25, 0.3) is 0 Å². The highest BCUT2D eigenvalue weighted by molar-refractivity contribution is 6.35. The summed E-state index contributed by atoms with van der Waals surface area (Å²) in [7, 11) is 0. The first-order chi connectivity index (χ1) is 12.9. The first-order valence-corrected chi connectivity index (χ1v) is 9.78. The van der Waals surface area contributed by atoms with Gasteiger partial charge in [-0.2, -0.15) is 0 Å². The van der Waals surface area contributed by atoms with Gasteiger partial charge in [-0.1, -0.05) is 34.8 Å². The van der Waals surface area contributed by atoms with E-state index in [-0.39, 0.29) is 24.1 Å². The fourth-order valence-electron chi connectivity index (χ4n) is 3.27. The summed E-state index contributed by atoms with van der Waals surface area (Å²) < 4.78 is 0. The molecule has 0 aliphatic carbocycles. The molecule has 2 aromatic rings. The van der Waals surface area contributed by atoms with Gasteiger partial charge in [0.05, 0.1) is 6.54 Å². The van der Waals surface area contributed by atoms with Crippen LogP contribution in [0.3, 0.4) is 0 Å². The van der Waals surface area contributed by atoms with E-state index in [0.717, 1.165) is 25.1 Å². The minimum absolute atomic E-state index is 0.131. The minimum Gasteiger partial charge on any atom is -0.382 e. The number of ketones is 1. The zero-order valence-corrected chi connectivity index (χ0v) is 16.9. The van der Waals surface area contributed by atoms with Gasteiger partial charge in [-0.25, -0.2) is 9.97 Å². The SMILES string of the molecule is Nc1ncnc(N2CCC[C@@H](CC(=O)CNc3cc(Cl)cc(Cl)c3)C2)c1Cl. The average Bonchev–Trinajstić information content (AvgIpc) is 2.62. The maximum absolute atomic E-state index is 12.4. The molecular weight excluding hydrogens is 409 g/mol. The summed E-state index contributed by atoms with van der Waals surface area (Å²) in [6.07, 6.45) is 3.85. The summed E-state index contributed by atoms with van der Waals surface area (Å²) in [6.45, 7) is 1.78. The van der Waals surface area contributed by atoms with Crippen LogP contribution in [-0.2, 0) is 4.79 Å². The van der Waals surface area contributed by atoms with Crippen molar-refractivity contribution in [1.82, 2.24) is 9.97 Å². The van der Waals surface area contributed by atoms with Crippen molar-refractivity contribution in [3.63, 3.8) is 0 Å². The third-order valence-corrected chi connectivity index (χ3v) is 5.28. The highest BCUT2D eigenvalue weighted by atomic mass is 35.5. The van der Waals surface area contributed by atoms with Crippen LogP contribution in [0.4, 0.5) is 17.3 Å². The van der Waals surface area contributed by atoms with Gasteiger partial charge in [0.25, 0.3) is 0 Å². The van der Waals surface area contributed by atoms with Crippen LogP contribution < -0.4 is 16.0 Å². The number of nitrogens with zero attached hydrogens (tertiary/aromatic N) is 3. The second-order valence-corrected chi connectivity index (χ2v) is 7.86. The van der Waals surface area contributed by atoms with Crippen molar-refractivity contribution >= 4 is 57.9 Å². The maximum atomic E-state index is 12.4. The van der Waals surface area contributed by atoms with Crippen LogP contribution in [-0.4, -0.2) is 35.4 Å². The van der Waals surface area contributed by atoms with Crippen molar-refractivity contribution < 1.29 is 4.79 Å². The number of carbonyl (C=O) groups is 1. The molecule has 0 spiro atoms. The van der Waals surface area contributed by atoms with E-state index in [4.69, 9.17) is 40.5 Å². The van der Waals surface area contributed by atoms with Crippen LogP contribution in [0.15, 0.2) is 24.5 Å². The normalized spacial score (nSPS) is 17.0. The molecule has 1 saturated heterocycles. The number of halogens is 3. The topological polar surface area (TPSA) is 84.1 Å². The van der Waals surface area contributed by atoms with Gasteiger partial charge in [0.2, 0.25) is 0 Å². The van der Waals surface area contributed by atoms with Crippen LogP contribution in [0.2, 0.25) is 15.1 Å². The lowest BCUT2D eigenvalue weighted by Crippen LogP contribution is -2.37. The van der Waals surface area contributed by atoms with E-state index < -0.39 is 0 Å². The molecule has 27 heavy (non-hydrogen) atoms. The Morgan fingerprint density at radius 3 is 2.70 bits per heavy atom. The number of anilines is 3. The van der Waals surface area contributed by atoms with Crippen LogP contribution in [0.5, 0.6) is 0 Å². The molecule has 6 nitrogen and oxygen atoms in total. The third-order valence-electron chi connectivity index (χ3n) is 4.49. The molecule has 1 aliphatic heterocycles. The van der Waals surface area contributed by atoms with E-state index in [1.807, 2.05) is 0 Å². The highest BCUT2D eigenvalue weighted by Gasteiger charge is 2.25. The number of aromatic nitrogens is 2. The van der Waals surface area contributed by atoms with Crippen LogP contribution >= 0.6 is 34.8 Å². The van der Waals surface area contributed by atoms with Crippen molar-refractivity contribution in [2.45, 2.75) is 19.3 Å². The van der Waals surface area contributed by atoms with Gasteiger partial charge in [0, 0.05) is 35.2 Å². The number of piperidine rings is 1. The van der Waals surface area contributed by atoms with Gasteiger partial charge in [-0.3, -0.25) is 4.79 Å². The molecule has 9 heteroatoms. The summed E-state index contributed by atoms with van der Waals surface area (Å²) in [5.74, 6) is 1.27. The third kappa shape index (κ3) is 5.37. The lowest BCUT2D eigenvalue weighted by Gasteiger charge is -2.33. The number of nitrogens with one attached hydrogen (secondary N) is 1. The summed E-state index contributed by atoms with van der Waals surface area (Å²) >= 11 is 18.2. The van der Waals surface area contributed by atoms with E-state index in [9.17, 15) is 4.79 Å². The van der Waals surface area contributed by atoms with Gasteiger partial charge >= 0.3 is 0 Å². The molecular formula is C18H20Cl3N5O. The van der Waals surface area contributed by atoms with Gasteiger partial charge < -0.3 is 16.0 Å². The number of carbonyl (C=O) groups excluding carboxylic acids is 1. The summed E-state index contributed by atoms with van der Waals surface area (Å²) in [5.41, 5.74) is 6.50. The number of rotatable bonds is 6. The predicted molar refractivity (Wildman–Crippen MR) is 111 cm³/mol. The van der Waals surface area contributed by atoms with Gasteiger partial charge in [0.1, 0.15) is 17.2 Å². The number of Topliss-reactive ketones (excluding diaryl/α,β-unsaturated/α-hetero) is 1. The van der Waals surface area contributed by atoms with E-state index in [1.165, 1.54) is 6.33 Å². The zero-order chi connectivity index (χ0) is 19.4. The van der Waals surface area contributed by atoms with Crippen molar-refractivity contribution in [1.29, 1.82) is 0 Å². The molecule has 2 heterocycles. The molecule has 0 radical (unpaired) electrons. The second kappa shape index (κ2) is 8.95. The quantitative estimate of drug-likeness (QED) is 0.713. The van der Waals surface area contributed by atoms with Crippen LogP contribution in [0.1, 0.15) is 19.3 Å². The molecule has 0 bridgehead atoms. The average molecular weight is 429 g/mol. The van der Waals surface area contributed by atoms with Gasteiger partial charge in [-0.15, -0.1) is 0 Å². The monoisotopic (exact) mass is 427 g/mol. The molecule has 1 atom stereocenters. The van der Waals surface area contributed by atoms with Gasteiger partial charge in [-0.05, 0) is 37.0 Å². The Morgan fingerprint density at radius 1 is 1.22 bits per heavy atom. The smallest absolute Gasteiger partial charge is 0.153 e. The molecule has 3 rings (SSSR count).